The number of rotatable bonds is 0. The first-order chi connectivity index (χ1) is 6.02. The van der Waals surface area contributed by atoms with Crippen LogP contribution in [0.2, 0.25) is 0 Å². The summed E-state index contributed by atoms with van der Waals surface area (Å²) in [6.07, 6.45) is 0.660. The molecule has 4 radical (unpaired) electrons. The Labute approximate surface area is 81.9 Å². The minimum atomic E-state index is -0.711. The quantitative estimate of drug-likeness (QED) is 0.513. The zero-order chi connectivity index (χ0) is 9.64. The number of aryl methyl sites for hydroxylation is 1. The van der Waals surface area contributed by atoms with Gasteiger partial charge < -0.3 is 0 Å². The van der Waals surface area contributed by atoms with E-state index in [1.165, 1.54) is 0 Å². The van der Waals surface area contributed by atoms with Crippen LogP contribution in [0.1, 0.15) is 23.1 Å². The van der Waals surface area contributed by atoms with E-state index in [9.17, 15) is 0 Å². The molecule has 0 saturated heterocycles. The smallest absolute Gasteiger partial charge is 0.0687 e. The third-order valence-electron chi connectivity index (χ3n) is 2.63. The first kappa shape index (κ1) is 8.68. The van der Waals surface area contributed by atoms with Crippen molar-refractivity contribution in [2.75, 3.05) is 0 Å². The van der Waals surface area contributed by atoms with Crippen LogP contribution in [0, 0.1) is 6.92 Å². The molecule has 0 atom stereocenters. The van der Waals surface area contributed by atoms with E-state index < -0.39 is 5.21 Å². The summed E-state index contributed by atoms with van der Waals surface area (Å²) in [6, 6.07) is 6.08. The average molecular weight is 164 g/mol. The lowest BCUT2D eigenvalue weighted by Gasteiger charge is -2.21. The third kappa shape index (κ3) is 1.16. The Kier molecular flexibility index (Phi) is 1.69. The molecular weight excluding hydrogens is 154 g/mol. The molecular formula is C11H10B2. The molecule has 0 nitrogen and oxygen atoms in total. The van der Waals surface area contributed by atoms with Crippen LogP contribution in [-0.2, 0) is 5.21 Å². The molecule has 0 bridgehead atoms. The highest BCUT2D eigenvalue weighted by Gasteiger charge is 2.31. The maximum atomic E-state index is 6.00. The van der Waals surface area contributed by atoms with Crippen LogP contribution in [0.5, 0.6) is 0 Å². The minimum Gasteiger partial charge on any atom is -0.0952 e. The summed E-state index contributed by atoms with van der Waals surface area (Å²) in [5, 5.41) is -0.711. The summed E-state index contributed by atoms with van der Waals surface area (Å²) < 4.78 is 0. The fourth-order valence-corrected chi connectivity index (χ4v) is 2.12. The van der Waals surface area contributed by atoms with Crippen LogP contribution in [-0.4, -0.2) is 15.7 Å². The fraction of sp³-hybridized carbons (Fsp3) is 0.273. The van der Waals surface area contributed by atoms with Crippen LogP contribution in [0.25, 0.3) is 5.57 Å². The largest absolute Gasteiger partial charge is 0.0952 e. The highest BCUT2D eigenvalue weighted by molar-refractivity contribution is 6.41. The SMILES string of the molecule is [B]C1([B])CC(=C)c2cccc(C)c21. The Morgan fingerprint density at radius 3 is 2.69 bits per heavy atom. The molecule has 0 saturated carbocycles. The highest BCUT2D eigenvalue weighted by atomic mass is 14.3. The summed E-state index contributed by atoms with van der Waals surface area (Å²) in [6.45, 7) is 6.01. The van der Waals surface area contributed by atoms with Gasteiger partial charge in [0.2, 0.25) is 0 Å². The van der Waals surface area contributed by atoms with Crippen molar-refractivity contribution in [1.29, 1.82) is 0 Å². The van der Waals surface area contributed by atoms with Crippen LogP contribution < -0.4 is 0 Å². The second kappa shape index (κ2) is 2.54. The molecule has 0 fully saturated rings. The highest BCUT2D eigenvalue weighted by Crippen LogP contribution is 2.42. The van der Waals surface area contributed by atoms with Gasteiger partial charge in [0.25, 0.3) is 0 Å². The fourth-order valence-electron chi connectivity index (χ4n) is 2.12. The van der Waals surface area contributed by atoms with E-state index in [2.05, 4.69) is 6.58 Å². The molecule has 0 N–H and O–H groups in total. The molecule has 0 aliphatic heterocycles. The molecule has 1 aliphatic carbocycles. The second-order valence-electron chi connectivity index (χ2n) is 3.82. The molecule has 0 amide bonds. The van der Waals surface area contributed by atoms with Crippen molar-refractivity contribution in [3.8, 4) is 0 Å². The van der Waals surface area contributed by atoms with Crippen LogP contribution in [0.3, 0.4) is 0 Å². The van der Waals surface area contributed by atoms with Crippen molar-refractivity contribution in [3.63, 3.8) is 0 Å². The second-order valence-corrected chi connectivity index (χ2v) is 3.82. The molecule has 1 aromatic rings. The predicted octanol–water partition coefficient (Wildman–Crippen LogP) is 1.90. The normalized spacial score (nSPS) is 18.7. The summed E-state index contributed by atoms with van der Waals surface area (Å²) in [5.74, 6) is 0. The number of hydrogen-bond donors (Lipinski definition) is 0. The molecule has 1 aromatic carbocycles. The van der Waals surface area contributed by atoms with Gasteiger partial charge >= 0.3 is 0 Å². The van der Waals surface area contributed by atoms with Gasteiger partial charge in [-0.3, -0.25) is 0 Å². The van der Waals surface area contributed by atoms with Crippen LogP contribution >= 0.6 is 0 Å². The molecule has 0 heterocycles. The summed E-state index contributed by atoms with van der Waals surface area (Å²) in [4.78, 5) is 0. The van der Waals surface area contributed by atoms with Crippen LogP contribution in [0.4, 0.5) is 0 Å². The van der Waals surface area contributed by atoms with Gasteiger partial charge in [0, 0.05) is 0 Å². The molecule has 0 aromatic heterocycles. The molecule has 0 spiro atoms. The van der Waals surface area contributed by atoms with Crippen molar-refractivity contribution in [1.82, 2.24) is 0 Å². The lowest BCUT2D eigenvalue weighted by Crippen LogP contribution is -2.23. The van der Waals surface area contributed by atoms with Crippen molar-refractivity contribution in [2.24, 2.45) is 0 Å². The molecule has 2 heteroatoms. The summed E-state index contributed by atoms with van der Waals surface area (Å²) >= 11 is 0. The number of fused-ring (bicyclic) bond motifs is 1. The Morgan fingerprint density at radius 1 is 1.38 bits per heavy atom. The number of benzene rings is 1. The van der Waals surface area contributed by atoms with Crippen molar-refractivity contribution < 1.29 is 0 Å². The zero-order valence-corrected chi connectivity index (χ0v) is 7.80. The van der Waals surface area contributed by atoms with Crippen molar-refractivity contribution in [2.45, 2.75) is 18.6 Å². The van der Waals surface area contributed by atoms with E-state index in [1.807, 2.05) is 25.1 Å². The van der Waals surface area contributed by atoms with Crippen molar-refractivity contribution in [3.05, 3.63) is 41.5 Å². The summed E-state index contributed by atoms with van der Waals surface area (Å²) in [5.41, 5.74) is 4.38. The topological polar surface area (TPSA) is 0 Å². The lowest BCUT2D eigenvalue weighted by molar-refractivity contribution is 0.913. The van der Waals surface area contributed by atoms with Gasteiger partial charge in [0.15, 0.2) is 0 Å². The summed E-state index contributed by atoms with van der Waals surface area (Å²) in [7, 11) is 12.0. The third-order valence-corrected chi connectivity index (χ3v) is 2.63. The Morgan fingerprint density at radius 2 is 2.08 bits per heavy atom. The maximum Gasteiger partial charge on any atom is 0.0687 e. The minimum absolute atomic E-state index is 0.660. The zero-order valence-electron chi connectivity index (χ0n) is 7.80. The van der Waals surface area contributed by atoms with Gasteiger partial charge in [0.05, 0.1) is 15.7 Å². The van der Waals surface area contributed by atoms with Gasteiger partial charge in [-0.15, -0.1) is 0 Å². The van der Waals surface area contributed by atoms with Gasteiger partial charge in [-0.05, 0) is 35.6 Å². The van der Waals surface area contributed by atoms with E-state index in [1.54, 1.807) is 0 Å². The molecule has 0 unspecified atom stereocenters. The molecule has 1 aliphatic rings. The molecule has 60 valence electrons. The van der Waals surface area contributed by atoms with Gasteiger partial charge in [-0.2, -0.15) is 0 Å². The first-order valence-corrected chi connectivity index (χ1v) is 4.38. The Hall–Kier alpha value is -0.910. The van der Waals surface area contributed by atoms with E-state index in [4.69, 9.17) is 15.7 Å². The van der Waals surface area contributed by atoms with Crippen LogP contribution in [0.15, 0.2) is 24.8 Å². The van der Waals surface area contributed by atoms with E-state index in [-0.39, 0.29) is 0 Å². The lowest BCUT2D eigenvalue weighted by atomic mass is 9.51. The average Bonchev–Trinajstić information content (AvgIpc) is 2.24. The molecule has 2 rings (SSSR count). The Balaban J connectivity index is 2.73. The Bertz CT molecular complexity index is 378. The van der Waals surface area contributed by atoms with E-state index in [0.717, 1.165) is 22.3 Å². The number of allylic oxidation sites excluding steroid dienone is 1. The predicted molar refractivity (Wildman–Crippen MR) is 58.0 cm³/mol. The monoisotopic (exact) mass is 164 g/mol. The van der Waals surface area contributed by atoms with Crippen molar-refractivity contribution >= 4 is 21.3 Å². The maximum absolute atomic E-state index is 6.00. The van der Waals surface area contributed by atoms with Gasteiger partial charge in [0.1, 0.15) is 0 Å². The first-order valence-electron chi connectivity index (χ1n) is 4.38. The van der Waals surface area contributed by atoms with Gasteiger partial charge in [-0.1, -0.05) is 30.0 Å². The standard InChI is InChI=1S/C11H10B2/c1-7-4-3-5-9-8(2)6-11(12,13)10(7)9/h3-5H,2,6H2,1H3. The van der Waals surface area contributed by atoms with Gasteiger partial charge in [-0.25, -0.2) is 0 Å². The molecule has 13 heavy (non-hydrogen) atoms. The van der Waals surface area contributed by atoms with E-state index >= 15 is 0 Å². The van der Waals surface area contributed by atoms with E-state index in [0.29, 0.717) is 6.42 Å². The number of hydrogen-bond acceptors (Lipinski definition) is 0.